The average molecular weight is 293 g/mol. The molecule has 0 bridgehead atoms. The first kappa shape index (κ1) is 14.9. The van der Waals surface area contributed by atoms with E-state index in [1.807, 2.05) is 37.4 Å². The molecule has 0 spiro atoms. The number of aliphatic carboxylic acids is 1. The Morgan fingerprint density at radius 1 is 1.35 bits per heavy atom. The molecule has 4 nitrogen and oxygen atoms in total. The van der Waals surface area contributed by atoms with E-state index in [9.17, 15) is 9.59 Å². The average Bonchev–Trinajstić information content (AvgIpc) is 2.46. The van der Waals surface area contributed by atoms with Crippen molar-refractivity contribution in [2.75, 3.05) is 12.8 Å². The molecule has 0 radical (unpaired) electrons. The van der Waals surface area contributed by atoms with Crippen LogP contribution in [0.25, 0.3) is 0 Å². The monoisotopic (exact) mass is 293 g/mol. The van der Waals surface area contributed by atoms with E-state index in [2.05, 4.69) is 0 Å². The Kier molecular flexibility index (Phi) is 4.70. The molecule has 2 atom stereocenters. The van der Waals surface area contributed by atoms with Crippen LogP contribution in [-0.2, 0) is 4.79 Å². The summed E-state index contributed by atoms with van der Waals surface area (Å²) in [6.07, 6.45) is 3.02. The smallest absolute Gasteiger partial charge is 0.306 e. The number of carboxylic acid groups (broad SMARTS) is 1. The zero-order chi connectivity index (χ0) is 14.7. The number of hydrogen-bond acceptors (Lipinski definition) is 3. The predicted octanol–water partition coefficient (Wildman–Crippen LogP) is 2.73. The topological polar surface area (TPSA) is 57.6 Å². The Morgan fingerprint density at radius 3 is 2.65 bits per heavy atom. The SMILES string of the molecule is CSc1ccccc1C(=O)N1CCC(C(=O)O)CC1C. The number of hydrogen-bond donors (Lipinski definition) is 1. The van der Waals surface area contributed by atoms with Gasteiger partial charge in [-0.25, -0.2) is 0 Å². The first-order valence-corrected chi connectivity index (χ1v) is 7.94. The van der Waals surface area contributed by atoms with Crippen molar-refractivity contribution in [2.24, 2.45) is 5.92 Å². The molecule has 5 heteroatoms. The highest BCUT2D eigenvalue weighted by atomic mass is 32.2. The van der Waals surface area contributed by atoms with Crippen LogP contribution in [0.4, 0.5) is 0 Å². The van der Waals surface area contributed by atoms with Crippen LogP contribution >= 0.6 is 11.8 Å². The fourth-order valence-electron chi connectivity index (χ4n) is 2.67. The Bertz CT molecular complexity index is 518. The number of amides is 1. The predicted molar refractivity (Wildman–Crippen MR) is 79.1 cm³/mol. The van der Waals surface area contributed by atoms with Crippen LogP contribution in [0.15, 0.2) is 29.2 Å². The molecule has 1 aromatic carbocycles. The van der Waals surface area contributed by atoms with Crippen LogP contribution in [-0.4, -0.2) is 40.7 Å². The van der Waals surface area contributed by atoms with Gasteiger partial charge in [-0.05, 0) is 38.2 Å². The third kappa shape index (κ3) is 2.98. The lowest BCUT2D eigenvalue weighted by Gasteiger charge is -2.36. The zero-order valence-electron chi connectivity index (χ0n) is 11.7. The van der Waals surface area contributed by atoms with Crippen LogP contribution in [0.3, 0.4) is 0 Å². The number of benzene rings is 1. The lowest BCUT2D eigenvalue weighted by Crippen LogP contribution is -2.46. The van der Waals surface area contributed by atoms with Crippen molar-refractivity contribution in [2.45, 2.75) is 30.7 Å². The molecule has 1 amide bonds. The van der Waals surface area contributed by atoms with Gasteiger partial charge in [0.25, 0.3) is 5.91 Å². The summed E-state index contributed by atoms with van der Waals surface area (Å²) in [5.41, 5.74) is 0.709. The van der Waals surface area contributed by atoms with Gasteiger partial charge in [0.2, 0.25) is 0 Å². The molecule has 1 N–H and O–H groups in total. The minimum absolute atomic E-state index is 0.00582. The molecule has 1 saturated heterocycles. The van der Waals surface area contributed by atoms with Crippen LogP contribution in [0.2, 0.25) is 0 Å². The summed E-state index contributed by atoms with van der Waals surface area (Å²) in [6, 6.07) is 7.52. The molecule has 108 valence electrons. The van der Waals surface area contributed by atoms with Crippen LogP contribution in [0, 0.1) is 5.92 Å². The fraction of sp³-hybridized carbons (Fsp3) is 0.467. The van der Waals surface area contributed by atoms with Gasteiger partial charge in [0.15, 0.2) is 0 Å². The number of carbonyl (C=O) groups is 2. The number of thioether (sulfide) groups is 1. The summed E-state index contributed by atoms with van der Waals surface area (Å²) in [6.45, 7) is 2.44. The van der Waals surface area contributed by atoms with E-state index in [0.717, 1.165) is 4.90 Å². The van der Waals surface area contributed by atoms with Crippen LogP contribution in [0.1, 0.15) is 30.1 Å². The summed E-state index contributed by atoms with van der Waals surface area (Å²) in [4.78, 5) is 26.4. The Balaban J connectivity index is 2.16. The minimum Gasteiger partial charge on any atom is -0.481 e. The molecule has 1 aliphatic rings. The van der Waals surface area contributed by atoms with Gasteiger partial charge in [0.05, 0.1) is 11.5 Å². The maximum Gasteiger partial charge on any atom is 0.306 e. The molecule has 1 aliphatic heterocycles. The lowest BCUT2D eigenvalue weighted by molar-refractivity contribution is -0.143. The molecular weight excluding hydrogens is 274 g/mol. The van der Waals surface area contributed by atoms with E-state index >= 15 is 0 Å². The van der Waals surface area contributed by atoms with Gasteiger partial charge in [-0.15, -0.1) is 11.8 Å². The molecule has 0 aliphatic carbocycles. The molecule has 1 aromatic rings. The van der Waals surface area contributed by atoms with Crippen LogP contribution in [0.5, 0.6) is 0 Å². The van der Waals surface area contributed by atoms with Crippen molar-refractivity contribution in [3.63, 3.8) is 0 Å². The van der Waals surface area contributed by atoms with Crippen molar-refractivity contribution in [3.05, 3.63) is 29.8 Å². The maximum atomic E-state index is 12.6. The Morgan fingerprint density at radius 2 is 2.05 bits per heavy atom. The van der Waals surface area contributed by atoms with Gasteiger partial charge in [0, 0.05) is 17.5 Å². The summed E-state index contributed by atoms with van der Waals surface area (Å²) in [5.74, 6) is -1.08. The Hall–Kier alpha value is -1.49. The highest BCUT2D eigenvalue weighted by Crippen LogP contribution is 2.27. The second-order valence-electron chi connectivity index (χ2n) is 5.11. The van der Waals surface area contributed by atoms with Gasteiger partial charge in [-0.3, -0.25) is 9.59 Å². The van der Waals surface area contributed by atoms with Crippen molar-refractivity contribution in [1.82, 2.24) is 4.90 Å². The Labute approximate surface area is 123 Å². The molecule has 20 heavy (non-hydrogen) atoms. The molecule has 2 unspecified atom stereocenters. The van der Waals surface area contributed by atoms with E-state index in [1.165, 1.54) is 0 Å². The number of nitrogens with zero attached hydrogens (tertiary/aromatic N) is 1. The highest BCUT2D eigenvalue weighted by Gasteiger charge is 2.33. The summed E-state index contributed by atoms with van der Waals surface area (Å²) in [7, 11) is 0. The lowest BCUT2D eigenvalue weighted by atomic mass is 9.91. The van der Waals surface area contributed by atoms with Crippen molar-refractivity contribution < 1.29 is 14.7 Å². The fourth-order valence-corrected chi connectivity index (χ4v) is 3.26. The van der Waals surface area contributed by atoms with Gasteiger partial charge in [-0.2, -0.15) is 0 Å². The van der Waals surface area contributed by atoms with Crippen molar-refractivity contribution in [1.29, 1.82) is 0 Å². The summed E-state index contributed by atoms with van der Waals surface area (Å²) < 4.78 is 0. The third-order valence-corrected chi connectivity index (χ3v) is 4.62. The molecule has 1 heterocycles. The molecule has 0 saturated carbocycles. The van der Waals surface area contributed by atoms with E-state index in [-0.39, 0.29) is 17.9 Å². The van der Waals surface area contributed by atoms with Crippen molar-refractivity contribution in [3.8, 4) is 0 Å². The van der Waals surface area contributed by atoms with E-state index in [0.29, 0.717) is 24.9 Å². The zero-order valence-corrected chi connectivity index (χ0v) is 12.5. The van der Waals surface area contributed by atoms with Gasteiger partial charge in [0.1, 0.15) is 0 Å². The summed E-state index contributed by atoms with van der Waals surface area (Å²) in [5, 5.41) is 9.07. The minimum atomic E-state index is -0.756. The largest absolute Gasteiger partial charge is 0.481 e. The number of piperidine rings is 1. The molecular formula is C15H19NO3S. The first-order chi connectivity index (χ1) is 9.54. The third-order valence-electron chi connectivity index (χ3n) is 3.82. The molecule has 0 aromatic heterocycles. The van der Waals surface area contributed by atoms with E-state index in [1.54, 1.807) is 16.7 Å². The van der Waals surface area contributed by atoms with Crippen LogP contribution < -0.4 is 0 Å². The number of likely N-dealkylation sites (tertiary alicyclic amines) is 1. The molecule has 1 fully saturated rings. The van der Waals surface area contributed by atoms with Gasteiger partial charge in [-0.1, -0.05) is 12.1 Å². The second-order valence-corrected chi connectivity index (χ2v) is 5.96. The first-order valence-electron chi connectivity index (χ1n) is 6.71. The summed E-state index contributed by atoms with van der Waals surface area (Å²) >= 11 is 1.55. The van der Waals surface area contributed by atoms with Crippen molar-refractivity contribution >= 4 is 23.6 Å². The number of rotatable bonds is 3. The highest BCUT2D eigenvalue weighted by molar-refractivity contribution is 7.98. The quantitative estimate of drug-likeness (QED) is 0.871. The number of carboxylic acids is 1. The van der Waals surface area contributed by atoms with E-state index in [4.69, 9.17) is 5.11 Å². The van der Waals surface area contributed by atoms with Gasteiger partial charge < -0.3 is 10.0 Å². The normalized spacial score (nSPS) is 22.6. The molecule has 2 rings (SSSR count). The van der Waals surface area contributed by atoms with E-state index < -0.39 is 5.97 Å². The second kappa shape index (κ2) is 6.31. The van der Waals surface area contributed by atoms with Gasteiger partial charge >= 0.3 is 5.97 Å². The number of carbonyl (C=O) groups excluding carboxylic acids is 1. The standard InChI is InChI=1S/C15H19NO3S/c1-10-9-11(15(18)19)7-8-16(10)14(17)12-5-3-4-6-13(12)20-2/h3-6,10-11H,7-9H2,1-2H3,(H,18,19). The maximum absolute atomic E-state index is 12.6.